The Balaban J connectivity index is 1.04. The normalized spacial score (nSPS) is 18.7. The van der Waals surface area contributed by atoms with E-state index >= 15 is 0 Å². The number of carbonyl (C=O) groups excluding carboxylic acids is 2. The third-order valence-corrected chi connectivity index (χ3v) is 9.68. The van der Waals surface area contributed by atoms with Crippen LogP contribution in [-0.4, -0.2) is 67.2 Å². The van der Waals surface area contributed by atoms with E-state index in [-0.39, 0.29) is 11.8 Å². The summed E-state index contributed by atoms with van der Waals surface area (Å²) in [7, 11) is 1.67. The van der Waals surface area contributed by atoms with Crippen molar-refractivity contribution in [2.75, 3.05) is 38.7 Å². The van der Waals surface area contributed by atoms with Gasteiger partial charge in [0.2, 0.25) is 0 Å². The quantitative estimate of drug-likeness (QED) is 0.330. The Hall–Kier alpha value is -3.27. The number of likely N-dealkylation sites (tertiary alicyclic amines) is 1. The van der Waals surface area contributed by atoms with E-state index in [1.807, 2.05) is 16.3 Å². The van der Waals surface area contributed by atoms with Crippen LogP contribution in [-0.2, 0) is 4.74 Å². The van der Waals surface area contributed by atoms with E-state index in [4.69, 9.17) is 14.5 Å². The van der Waals surface area contributed by atoms with Gasteiger partial charge in [0.05, 0.1) is 12.8 Å². The molecule has 9 heteroatoms. The third-order valence-electron chi connectivity index (χ3n) is 8.92. The monoisotopic (exact) mass is 588 g/mol. The van der Waals surface area contributed by atoms with Crippen molar-refractivity contribution in [3.8, 4) is 17.0 Å². The number of hydrogen-bond donors (Lipinski definition) is 2. The topological polar surface area (TPSA) is 92.8 Å². The van der Waals surface area contributed by atoms with Crippen molar-refractivity contribution in [1.82, 2.24) is 15.2 Å². The van der Waals surface area contributed by atoms with Crippen LogP contribution in [0.15, 0.2) is 47.8 Å². The predicted molar refractivity (Wildman–Crippen MR) is 166 cm³/mol. The van der Waals surface area contributed by atoms with E-state index in [9.17, 15) is 9.59 Å². The van der Waals surface area contributed by atoms with Gasteiger partial charge in [-0.15, -0.1) is 11.3 Å². The number of anilines is 1. The second-order valence-corrected chi connectivity index (χ2v) is 12.5. The number of aromatic nitrogens is 1. The van der Waals surface area contributed by atoms with Gasteiger partial charge < -0.3 is 19.7 Å². The molecule has 1 aromatic heterocycles. The fourth-order valence-corrected chi connectivity index (χ4v) is 7.16. The first-order valence-corrected chi connectivity index (χ1v) is 16.1. The first-order chi connectivity index (χ1) is 20.6. The molecule has 0 spiro atoms. The number of ether oxygens (including phenoxy) is 2. The minimum atomic E-state index is -0.249. The Kier molecular flexibility index (Phi) is 9.17. The molecule has 222 valence electrons. The number of hydrogen-bond acceptors (Lipinski definition) is 7. The number of methoxy groups -OCH3 is 1. The van der Waals surface area contributed by atoms with E-state index in [2.05, 4.69) is 22.8 Å². The zero-order valence-electron chi connectivity index (χ0n) is 24.3. The standard InChI is InChI=1S/C33H40N4O4S/c1-40-30-11-10-25(22-4-2-3-5-22)20-28(30)29-21-42-33(35-29)36-31(38)23-6-8-24(9-7-23)32(39)37-16-12-26(13-17-37)34-27-14-18-41-19-15-27/h6-11,20-22,26-27,34H,2-5,12-19H2,1H3,(H,35,36,38). The van der Waals surface area contributed by atoms with Crippen molar-refractivity contribution in [2.45, 2.75) is 69.4 Å². The first kappa shape index (κ1) is 28.8. The van der Waals surface area contributed by atoms with Crippen molar-refractivity contribution < 1.29 is 19.1 Å². The van der Waals surface area contributed by atoms with Crippen molar-refractivity contribution >= 4 is 28.3 Å². The molecule has 0 bridgehead atoms. The third kappa shape index (κ3) is 6.69. The molecule has 3 heterocycles. The van der Waals surface area contributed by atoms with Crippen LogP contribution in [0.5, 0.6) is 5.75 Å². The number of piperidine rings is 1. The maximum absolute atomic E-state index is 13.1. The van der Waals surface area contributed by atoms with Crippen LogP contribution in [0, 0.1) is 0 Å². The summed E-state index contributed by atoms with van der Waals surface area (Å²) in [5.74, 6) is 1.14. The Morgan fingerprint density at radius 3 is 2.33 bits per heavy atom. The first-order valence-electron chi connectivity index (χ1n) is 15.3. The largest absolute Gasteiger partial charge is 0.496 e. The van der Waals surface area contributed by atoms with Gasteiger partial charge in [-0.2, -0.15) is 0 Å². The molecule has 3 aliphatic rings. The summed E-state index contributed by atoms with van der Waals surface area (Å²) in [4.78, 5) is 32.8. The maximum atomic E-state index is 13.1. The molecule has 0 radical (unpaired) electrons. The highest BCUT2D eigenvalue weighted by atomic mass is 32.1. The minimum absolute atomic E-state index is 0.0184. The summed E-state index contributed by atoms with van der Waals surface area (Å²) in [6, 6.07) is 14.3. The Morgan fingerprint density at radius 2 is 1.62 bits per heavy atom. The zero-order chi connectivity index (χ0) is 28.9. The number of rotatable bonds is 8. The van der Waals surface area contributed by atoms with Crippen LogP contribution in [0.1, 0.15) is 83.6 Å². The fourth-order valence-electron chi connectivity index (χ4n) is 6.46. The van der Waals surface area contributed by atoms with Crippen molar-refractivity contribution in [3.63, 3.8) is 0 Å². The molecule has 0 atom stereocenters. The van der Waals surface area contributed by atoms with Gasteiger partial charge in [0.25, 0.3) is 11.8 Å². The molecule has 0 unspecified atom stereocenters. The van der Waals surface area contributed by atoms with Crippen LogP contribution in [0.2, 0.25) is 0 Å². The smallest absolute Gasteiger partial charge is 0.257 e. The van der Waals surface area contributed by atoms with Gasteiger partial charge in [-0.25, -0.2) is 4.98 Å². The Morgan fingerprint density at radius 1 is 0.929 bits per heavy atom. The molecular weight excluding hydrogens is 548 g/mol. The zero-order valence-corrected chi connectivity index (χ0v) is 25.1. The van der Waals surface area contributed by atoms with E-state index in [1.165, 1.54) is 42.6 Å². The average molecular weight is 589 g/mol. The summed E-state index contributed by atoms with van der Waals surface area (Å²) in [5, 5.41) is 9.16. The number of nitrogens with one attached hydrogen (secondary N) is 2. The molecule has 3 aromatic rings. The van der Waals surface area contributed by atoms with Gasteiger partial charge in [0.1, 0.15) is 5.75 Å². The lowest BCUT2D eigenvalue weighted by molar-refractivity contribution is 0.0631. The van der Waals surface area contributed by atoms with Crippen LogP contribution in [0.3, 0.4) is 0 Å². The molecule has 6 rings (SSSR count). The molecule has 2 N–H and O–H groups in total. The predicted octanol–water partition coefficient (Wildman–Crippen LogP) is 6.10. The number of carbonyl (C=O) groups is 2. The van der Waals surface area contributed by atoms with Crippen molar-refractivity contribution in [1.29, 1.82) is 0 Å². The molecular formula is C33H40N4O4S. The molecule has 2 aromatic carbocycles. The number of amides is 2. The van der Waals surface area contributed by atoms with Gasteiger partial charge >= 0.3 is 0 Å². The molecule has 1 aliphatic carbocycles. The summed E-state index contributed by atoms with van der Waals surface area (Å²) >= 11 is 1.39. The Bertz CT molecular complexity index is 1370. The van der Waals surface area contributed by atoms with Crippen LogP contribution >= 0.6 is 11.3 Å². The molecule has 2 saturated heterocycles. The fraction of sp³-hybridized carbons (Fsp3) is 0.485. The van der Waals surface area contributed by atoms with Gasteiger partial charge in [0, 0.05) is 60.5 Å². The summed E-state index contributed by atoms with van der Waals surface area (Å²) in [5.41, 5.74) is 4.16. The Labute approximate surface area is 251 Å². The lowest BCUT2D eigenvalue weighted by Crippen LogP contribution is -2.48. The average Bonchev–Trinajstić information content (AvgIpc) is 3.75. The van der Waals surface area contributed by atoms with Crippen LogP contribution in [0.25, 0.3) is 11.3 Å². The van der Waals surface area contributed by atoms with Crippen molar-refractivity contribution in [2.24, 2.45) is 0 Å². The summed E-state index contributed by atoms with van der Waals surface area (Å²) in [6.45, 7) is 3.14. The SMILES string of the molecule is COc1ccc(C2CCCC2)cc1-c1csc(NC(=O)c2ccc(C(=O)N3CCC(NC4CCOCC4)CC3)cc2)n1. The molecule has 2 aliphatic heterocycles. The van der Waals surface area contributed by atoms with E-state index < -0.39 is 0 Å². The van der Waals surface area contributed by atoms with Crippen molar-refractivity contribution in [3.05, 3.63) is 64.5 Å². The maximum Gasteiger partial charge on any atom is 0.257 e. The highest BCUT2D eigenvalue weighted by Crippen LogP contribution is 2.39. The van der Waals surface area contributed by atoms with E-state index in [0.717, 1.165) is 69.0 Å². The lowest BCUT2D eigenvalue weighted by atomic mass is 9.95. The summed E-state index contributed by atoms with van der Waals surface area (Å²) < 4.78 is 11.1. The van der Waals surface area contributed by atoms with E-state index in [0.29, 0.717) is 34.3 Å². The highest BCUT2D eigenvalue weighted by molar-refractivity contribution is 7.14. The number of nitrogens with zero attached hydrogens (tertiary/aromatic N) is 2. The van der Waals surface area contributed by atoms with Gasteiger partial charge in [-0.3, -0.25) is 14.9 Å². The van der Waals surface area contributed by atoms with Crippen LogP contribution < -0.4 is 15.4 Å². The number of benzene rings is 2. The molecule has 42 heavy (non-hydrogen) atoms. The number of thiazole rings is 1. The second-order valence-electron chi connectivity index (χ2n) is 11.6. The van der Waals surface area contributed by atoms with Gasteiger partial charge in [-0.05, 0) is 86.4 Å². The van der Waals surface area contributed by atoms with Crippen LogP contribution in [0.4, 0.5) is 5.13 Å². The summed E-state index contributed by atoms with van der Waals surface area (Å²) in [6.07, 6.45) is 9.04. The second kappa shape index (κ2) is 13.4. The van der Waals surface area contributed by atoms with Gasteiger partial charge in [-0.1, -0.05) is 18.9 Å². The molecule has 3 fully saturated rings. The molecule has 2 amide bonds. The van der Waals surface area contributed by atoms with E-state index in [1.54, 1.807) is 31.4 Å². The minimum Gasteiger partial charge on any atom is -0.496 e. The molecule has 1 saturated carbocycles. The molecule has 8 nitrogen and oxygen atoms in total. The lowest BCUT2D eigenvalue weighted by Gasteiger charge is -2.35. The highest BCUT2D eigenvalue weighted by Gasteiger charge is 2.26. The van der Waals surface area contributed by atoms with Gasteiger partial charge in [0.15, 0.2) is 5.13 Å².